The number of carbonyl (C=O) groups is 1. The zero-order valence-electron chi connectivity index (χ0n) is 12.2. The third kappa shape index (κ3) is 3.95. The minimum atomic E-state index is -0.234. The van der Waals surface area contributed by atoms with Gasteiger partial charge in [-0.15, -0.1) is 0 Å². The topological polar surface area (TPSA) is 26.3 Å². The number of hydrogen-bond acceptors (Lipinski definition) is 2. The predicted molar refractivity (Wildman–Crippen MR) is 80.9 cm³/mol. The summed E-state index contributed by atoms with van der Waals surface area (Å²) in [6.07, 6.45) is 0.292. The van der Waals surface area contributed by atoms with E-state index in [-0.39, 0.29) is 11.4 Å². The molecule has 0 aliphatic carbocycles. The molecule has 20 heavy (non-hydrogen) atoms. The first-order valence-corrected chi connectivity index (χ1v) is 6.80. The fraction of sp³-hybridized carbons (Fsp3) is 0.278. The van der Waals surface area contributed by atoms with E-state index >= 15 is 0 Å². The fourth-order valence-electron chi connectivity index (χ4n) is 1.96. The van der Waals surface area contributed by atoms with Gasteiger partial charge < -0.3 is 4.74 Å². The molecule has 0 saturated heterocycles. The molecule has 0 unspecified atom stereocenters. The van der Waals surface area contributed by atoms with Crippen molar-refractivity contribution >= 4 is 5.97 Å². The van der Waals surface area contributed by atoms with E-state index < -0.39 is 0 Å². The minimum absolute atomic E-state index is 0.0435. The molecule has 0 aliphatic heterocycles. The third-order valence-corrected chi connectivity index (χ3v) is 3.12. The van der Waals surface area contributed by atoms with Crippen molar-refractivity contribution in [1.82, 2.24) is 0 Å². The molecule has 0 fully saturated rings. The summed E-state index contributed by atoms with van der Waals surface area (Å²) < 4.78 is 5.42. The molecule has 0 aromatic heterocycles. The standard InChI is InChI=1S/C18H20O2/c1-18(2,3)15-10-7-11-16(13-15)20-17(19)12-14-8-5-4-6-9-14/h4-11,13H,12H2,1-3H3. The van der Waals surface area contributed by atoms with Crippen LogP contribution in [0.25, 0.3) is 0 Å². The van der Waals surface area contributed by atoms with Crippen LogP contribution in [0.5, 0.6) is 5.75 Å². The maximum atomic E-state index is 11.9. The molecule has 0 bridgehead atoms. The molecule has 2 aromatic rings. The lowest BCUT2D eigenvalue weighted by atomic mass is 9.87. The van der Waals surface area contributed by atoms with Crippen LogP contribution < -0.4 is 4.74 Å². The van der Waals surface area contributed by atoms with Gasteiger partial charge in [-0.1, -0.05) is 63.2 Å². The number of esters is 1. The summed E-state index contributed by atoms with van der Waals surface area (Å²) >= 11 is 0. The van der Waals surface area contributed by atoms with Crippen LogP contribution >= 0.6 is 0 Å². The number of hydrogen-bond donors (Lipinski definition) is 0. The van der Waals surface area contributed by atoms with E-state index in [4.69, 9.17) is 4.74 Å². The lowest BCUT2D eigenvalue weighted by Gasteiger charge is -2.19. The summed E-state index contributed by atoms with van der Waals surface area (Å²) in [5.41, 5.74) is 2.16. The molecule has 0 N–H and O–H groups in total. The molecule has 104 valence electrons. The third-order valence-electron chi connectivity index (χ3n) is 3.12. The number of ether oxygens (including phenoxy) is 1. The minimum Gasteiger partial charge on any atom is -0.426 e. The Balaban J connectivity index is 2.05. The highest BCUT2D eigenvalue weighted by Gasteiger charge is 2.15. The van der Waals surface area contributed by atoms with Crippen molar-refractivity contribution in [3.05, 3.63) is 65.7 Å². The number of rotatable bonds is 3. The summed E-state index contributed by atoms with van der Waals surface area (Å²) in [6.45, 7) is 6.41. The Morgan fingerprint density at radius 1 is 1.00 bits per heavy atom. The Morgan fingerprint density at radius 3 is 2.35 bits per heavy atom. The van der Waals surface area contributed by atoms with Gasteiger partial charge in [0.25, 0.3) is 0 Å². The first-order chi connectivity index (χ1) is 9.45. The van der Waals surface area contributed by atoms with Gasteiger partial charge in [0.1, 0.15) is 5.75 Å². The van der Waals surface area contributed by atoms with Gasteiger partial charge in [-0.05, 0) is 28.7 Å². The van der Waals surface area contributed by atoms with Crippen LogP contribution in [0.3, 0.4) is 0 Å². The quantitative estimate of drug-likeness (QED) is 0.618. The predicted octanol–water partition coefficient (Wildman–Crippen LogP) is 4.13. The van der Waals surface area contributed by atoms with Gasteiger partial charge in [0.05, 0.1) is 6.42 Å². The van der Waals surface area contributed by atoms with Crippen LogP contribution in [0, 0.1) is 0 Å². The normalized spacial score (nSPS) is 11.2. The van der Waals surface area contributed by atoms with E-state index in [0.717, 1.165) is 11.1 Å². The van der Waals surface area contributed by atoms with E-state index in [1.807, 2.05) is 48.5 Å². The smallest absolute Gasteiger partial charge is 0.315 e. The SMILES string of the molecule is CC(C)(C)c1cccc(OC(=O)Cc2ccccc2)c1. The monoisotopic (exact) mass is 268 g/mol. The first kappa shape index (κ1) is 14.3. The molecule has 2 aromatic carbocycles. The Hall–Kier alpha value is -2.09. The Morgan fingerprint density at radius 2 is 1.70 bits per heavy atom. The van der Waals surface area contributed by atoms with E-state index in [2.05, 4.69) is 26.8 Å². The van der Waals surface area contributed by atoms with Gasteiger partial charge >= 0.3 is 5.97 Å². The molecule has 2 heteroatoms. The van der Waals surface area contributed by atoms with Crippen molar-refractivity contribution < 1.29 is 9.53 Å². The molecule has 0 heterocycles. The maximum Gasteiger partial charge on any atom is 0.315 e. The summed E-state index contributed by atoms with van der Waals surface area (Å²) in [7, 11) is 0. The van der Waals surface area contributed by atoms with Crippen molar-refractivity contribution in [3.63, 3.8) is 0 Å². The Kier molecular flexibility index (Phi) is 4.23. The van der Waals surface area contributed by atoms with Crippen molar-refractivity contribution in [2.24, 2.45) is 0 Å². The van der Waals surface area contributed by atoms with Crippen LogP contribution in [0.15, 0.2) is 54.6 Å². The van der Waals surface area contributed by atoms with Crippen LogP contribution in [-0.2, 0) is 16.6 Å². The maximum absolute atomic E-state index is 11.9. The summed E-state index contributed by atoms with van der Waals surface area (Å²) in [6, 6.07) is 17.3. The van der Waals surface area contributed by atoms with E-state index in [1.165, 1.54) is 0 Å². The van der Waals surface area contributed by atoms with Crippen molar-refractivity contribution in [2.45, 2.75) is 32.6 Å². The average molecular weight is 268 g/mol. The van der Waals surface area contributed by atoms with Crippen molar-refractivity contribution in [2.75, 3.05) is 0 Å². The van der Waals surface area contributed by atoms with E-state index in [0.29, 0.717) is 12.2 Å². The van der Waals surface area contributed by atoms with Gasteiger partial charge in [0.15, 0.2) is 0 Å². The largest absolute Gasteiger partial charge is 0.426 e. The second-order valence-electron chi connectivity index (χ2n) is 5.91. The highest BCUT2D eigenvalue weighted by molar-refractivity contribution is 5.75. The highest BCUT2D eigenvalue weighted by atomic mass is 16.5. The molecule has 2 nitrogen and oxygen atoms in total. The van der Waals surface area contributed by atoms with Gasteiger partial charge in [-0.3, -0.25) is 4.79 Å². The fourth-order valence-corrected chi connectivity index (χ4v) is 1.96. The molecule has 0 atom stereocenters. The van der Waals surface area contributed by atoms with Crippen LogP contribution in [0.4, 0.5) is 0 Å². The van der Waals surface area contributed by atoms with Crippen molar-refractivity contribution in [1.29, 1.82) is 0 Å². The molecule has 0 aliphatic rings. The molecular formula is C18H20O2. The molecule has 0 amide bonds. The molecule has 0 spiro atoms. The summed E-state index contributed by atoms with van der Waals surface area (Å²) in [4.78, 5) is 11.9. The Bertz CT molecular complexity index is 580. The van der Waals surface area contributed by atoms with Gasteiger partial charge in [0, 0.05) is 0 Å². The van der Waals surface area contributed by atoms with Crippen LogP contribution in [0.2, 0.25) is 0 Å². The van der Waals surface area contributed by atoms with Crippen LogP contribution in [0.1, 0.15) is 31.9 Å². The summed E-state index contributed by atoms with van der Waals surface area (Å²) in [5, 5.41) is 0. The highest BCUT2D eigenvalue weighted by Crippen LogP contribution is 2.25. The lowest BCUT2D eigenvalue weighted by Crippen LogP contribution is -2.13. The zero-order chi connectivity index (χ0) is 14.6. The zero-order valence-corrected chi connectivity index (χ0v) is 12.2. The first-order valence-electron chi connectivity index (χ1n) is 6.80. The van der Waals surface area contributed by atoms with Gasteiger partial charge in [0.2, 0.25) is 0 Å². The van der Waals surface area contributed by atoms with E-state index in [9.17, 15) is 4.79 Å². The molecule has 0 radical (unpaired) electrons. The van der Waals surface area contributed by atoms with Crippen LogP contribution in [-0.4, -0.2) is 5.97 Å². The average Bonchev–Trinajstić information content (AvgIpc) is 2.39. The van der Waals surface area contributed by atoms with E-state index in [1.54, 1.807) is 0 Å². The number of carbonyl (C=O) groups excluding carboxylic acids is 1. The second kappa shape index (κ2) is 5.91. The lowest BCUT2D eigenvalue weighted by molar-refractivity contribution is -0.133. The Labute approximate surface area is 120 Å². The van der Waals surface area contributed by atoms with Gasteiger partial charge in [-0.25, -0.2) is 0 Å². The molecular weight excluding hydrogens is 248 g/mol. The molecule has 2 rings (SSSR count). The number of benzene rings is 2. The summed E-state index contributed by atoms with van der Waals surface area (Å²) in [5.74, 6) is 0.376. The molecule has 0 saturated carbocycles. The van der Waals surface area contributed by atoms with Gasteiger partial charge in [-0.2, -0.15) is 0 Å². The second-order valence-corrected chi connectivity index (χ2v) is 5.91. The van der Waals surface area contributed by atoms with Crippen molar-refractivity contribution in [3.8, 4) is 5.75 Å².